The van der Waals surface area contributed by atoms with Crippen molar-refractivity contribution in [3.05, 3.63) is 64.2 Å². The minimum Gasteiger partial charge on any atom is -0.485 e. The van der Waals surface area contributed by atoms with Crippen molar-refractivity contribution < 1.29 is 9.66 Å². The molecule has 0 spiro atoms. The van der Waals surface area contributed by atoms with Crippen molar-refractivity contribution in [3.8, 4) is 5.75 Å². The summed E-state index contributed by atoms with van der Waals surface area (Å²) in [6.45, 7) is 7.23. The van der Waals surface area contributed by atoms with Gasteiger partial charge in [-0.05, 0) is 30.7 Å². The molecule has 0 atom stereocenters. The number of aryl methyl sites for hydroxylation is 1. The third-order valence-corrected chi connectivity index (χ3v) is 4.47. The number of hydrogen-bond donors (Lipinski definition) is 0. The molecule has 0 bridgehead atoms. The zero-order valence-electron chi connectivity index (χ0n) is 14.4. The van der Waals surface area contributed by atoms with Crippen molar-refractivity contribution in [3.63, 3.8) is 0 Å². The molecule has 0 aromatic heterocycles. The Morgan fingerprint density at radius 1 is 1.08 bits per heavy atom. The van der Waals surface area contributed by atoms with Crippen molar-refractivity contribution in [1.29, 1.82) is 0 Å². The lowest BCUT2D eigenvalue weighted by Crippen LogP contribution is -2.47. The molecule has 0 N–H and O–H groups in total. The highest BCUT2D eigenvalue weighted by molar-refractivity contribution is 5.49. The summed E-state index contributed by atoms with van der Waals surface area (Å²) < 4.78 is 5.63. The summed E-state index contributed by atoms with van der Waals surface area (Å²) in [6, 6.07) is 15.1. The number of nitro benzene ring substituents is 1. The molecule has 0 aliphatic carbocycles. The number of benzene rings is 2. The van der Waals surface area contributed by atoms with Gasteiger partial charge < -0.3 is 9.64 Å². The summed E-state index contributed by atoms with van der Waals surface area (Å²) in [5.74, 6) is 0.339. The molecule has 2 aromatic rings. The molecule has 0 saturated carbocycles. The maximum Gasteiger partial charge on any atom is 0.310 e. The number of nitro groups is 1. The summed E-state index contributed by atoms with van der Waals surface area (Å²) in [5.41, 5.74) is 2.57. The van der Waals surface area contributed by atoms with Crippen molar-refractivity contribution in [2.24, 2.45) is 0 Å². The first-order chi connectivity index (χ1) is 12.1. The summed E-state index contributed by atoms with van der Waals surface area (Å²) in [7, 11) is 0. The fraction of sp³-hybridized carbons (Fsp3) is 0.368. The van der Waals surface area contributed by atoms with Crippen LogP contribution < -0.4 is 9.64 Å². The first kappa shape index (κ1) is 17.2. The van der Waals surface area contributed by atoms with Crippen LogP contribution >= 0.6 is 0 Å². The fourth-order valence-corrected chi connectivity index (χ4v) is 3.07. The third-order valence-electron chi connectivity index (χ3n) is 4.47. The molecule has 1 saturated heterocycles. The van der Waals surface area contributed by atoms with E-state index in [2.05, 4.69) is 41.0 Å². The van der Waals surface area contributed by atoms with Crippen LogP contribution in [0.2, 0.25) is 0 Å². The largest absolute Gasteiger partial charge is 0.485 e. The molecule has 1 heterocycles. The average Bonchev–Trinajstić information content (AvgIpc) is 2.62. The lowest BCUT2D eigenvalue weighted by molar-refractivity contribution is -0.385. The second-order valence-electron chi connectivity index (χ2n) is 6.24. The van der Waals surface area contributed by atoms with E-state index in [1.54, 1.807) is 18.2 Å². The van der Waals surface area contributed by atoms with Crippen LogP contribution in [0, 0.1) is 17.0 Å². The van der Waals surface area contributed by atoms with Crippen molar-refractivity contribution in [1.82, 2.24) is 4.90 Å². The lowest BCUT2D eigenvalue weighted by Gasteiger charge is -2.36. The first-order valence-corrected chi connectivity index (χ1v) is 8.54. The van der Waals surface area contributed by atoms with Crippen LogP contribution in [0.1, 0.15) is 5.56 Å². The zero-order chi connectivity index (χ0) is 17.6. The van der Waals surface area contributed by atoms with Gasteiger partial charge in [0.15, 0.2) is 5.75 Å². The number of rotatable bonds is 6. The SMILES string of the molecule is Cc1cccc(N2CCN(CCOc3ccccc3[N+](=O)[O-])CC2)c1. The molecular weight excluding hydrogens is 318 g/mol. The van der Waals surface area contributed by atoms with Crippen molar-refractivity contribution >= 4 is 11.4 Å². The molecule has 0 amide bonds. The Morgan fingerprint density at radius 2 is 1.84 bits per heavy atom. The second-order valence-corrected chi connectivity index (χ2v) is 6.24. The normalized spacial score (nSPS) is 15.2. The molecular formula is C19H23N3O3. The van der Waals surface area contributed by atoms with Crippen LogP contribution in [-0.4, -0.2) is 49.2 Å². The van der Waals surface area contributed by atoms with E-state index in [1.807, 2.05) is 0 Å². The van der Waals surface area contributed by atoms with E-state index in [9.17, 15) is 10.1 Å². The van der Waals surface area contributed by atoms with Gasteiger partial charge in [0, 0.05) is 44.5 Å². The highest BCUT2D eigenvalue weighted by Gasteiger charge is 2.18. The Bertz CT molecular complexity index is 727. The summed E-state index contributed by atoms with van der Waals surface area (Å²) >= 11 is 0. The van der Waals surface area contributed by atoms with E-state index < -0.39 is 4.92 Å². The van der Waals surface area contributed by atoms with Gasteiger partial charge in [-0.15, -0.1) is 0 Å². The topological polar surface area (TPSA) is 58.8 Å². The summed E-state index contributed by atoms with van der Waals surface area (Å²) in [4.78, 5) is 15.3. The Hall–Kier alpha value is -2.60. The van der Waals surface area contributed by atoms with E-state index in [0.29, 0.717) is 12.4 Å². The van der Waals surface area contributed by atoms with Gasteiger partial charge in [0.05, 0.1) is 4.92 Å². The molecule has 132 valence electrons. The number of para-hydroxylation sites is 2. The Kier molecular flexibility index (Phi) is 5.50. The predicted octanol–water partition coefficient (Wildman–Crippen LogP) is 3.10. The Labute approximate surface area is 147 Å². The molecule has 6 nitrogen and oxygen atoms in total. The van der Waals surface area contributed by atoms with Crippen LogP contribution in [-0.2, 0) is 0 Å². The molecule has 0 radical (unpaired) electrons. The monoisotopic (exact) mass is 341 g/mol. The number of anilines is 1. The number of piperazine rings is 1. The highest BCUT2D eigenvalue weighted by atomic mass is 16.6. The predicted molar refractivity (Wildman–Crippen MR) is 98.4 cm³/mol. The van der Waals surface area contributed by atoms with Gasteiger partial charge in [-0.3, -0.25) is 15.0 Å². The van der Waals surface area contributed by atoms with Gasteiger partial charge in [-0.2, -0.15) is 0 Å². The van der Waals surface area contributed by atoms with E-state index in [1.165, 1.54) is 17.3 Å². The Morgan fingerprint density at radius 3 is 2.56 bits per heavy atom. The first-order valence-electron chi connectivity index (χ1n) is 8.54. The van der Waals surface area contributed by atoms with E-state index >= 15 is 0 Å². The van der Waals surface area contributed by atoms with E-state index in [-0.39, 0.29) is 5.69 Å². The van der Waals surface area contributed by atoms with Crippen LogP contribution in [0.15, 0.2) is 48.5 Å². The van der Waals surface area contributed by atoms with Gasteiger partial charge in [-0.25, -0.2) is 0 Å². The molecule has 25 heavy (non-hydrogen) atoms. The molecule has 2 aromatic carbocycles. The van der Waals surface area contributed by atoms with Crippen LogP contribution in [0.5, 0.6) is 5.75 Å². The van der Waals surface area contributed by atoms with Crippen LogP contribution in [0.3, 0.4) is 0 Å². The molecule has 1 aliphatic heterocycles. The maximum absolute atomic E-state index is 11.0. The van der Waals surface area contributed by atoms with Gasteiger partial charge in [-0.1, -0.05) is 24.3 Å². The lowest BCUT2D eigenvalue weighted by atomic mass is 10.2. The summed E-state index contributed by atoms with van der Waals surface area (Å²) in [6.07, 6.45) is 0. The minimum absolute atomic E-state index is 0.0202. The van der Waals surface area contributed by atoms with Gasteiger partial charge in [0.2, 0.25) is 0 Å². The molecule has 3 rings (SSSR count). The van der Waals surface area contributed by atoms with Crippen LogP contribution in [0.25, 0.3) is 0 Å². The molecule has 0 unspecified atom stereocenters. The van der Waals surface area contributed by atoms with Gasteiger partial charge in [0.1, 0.15) is 6.61 Å². The highest BCUT2D eigenvalue weighted by Crippen LogP contribution is 2.25. The average molecular weight is 341 g/mol. The van der Waals surface area contributed by atoms with Gasteiger partial charge >= 0.3 is 5.69 Å². The molecule has 6 heteroatoms. The van der Waals surface area contributed by atoms with Crippen molar-refractivity contribution in [2.75, 3.05) is 44.2 Å². The standard InChI is InChI=1S/C19H23N3O3/c1-16-5-4-6-17(15-16)21-11-9-20(10-12-21)13-14-25-19-8-3-2-7-18(19)22(23)24/h2-8,15H,9-14H2,1H3. The van der Waals surface area contributed by atoms with E-state index in [0.717, 1.165) is 32.7 Å². The quantitative estimate of drug-likeness (QED) is 0.597. The van der Waals surface area contributed by atoms with Crippen molar-refractivity contribution in [2.45, 2.75) is 6.92 Å². The Balaban J connectivity index is 1.46. The van der Waals surface area contributed by atoms with E-state index in [4.69, 9.17) is 4.74 Å². The van der Waals surface area contributed by atoms with Gasteiger partial charge in [0.25, 0.3) is 0 Å². The molecule has 1 aliphatic rings. The molecule has 1 fully saturated rings. The third kappa shape index (κ3) is 4.48. The number of nitrogens with zero attached hydrogens (tertiary/aromatic N) is 3. The number of hydrogen-bond acceptors (Lipinski definition) is 5. The zero-order valence-corrected chi connectivity index (χ0v) is 14.4. The minimum atomic E-state index is -0.407. The fourth-order valence-electron chi connectivity index (χ4n) is 3.07. The number of ether oxygens (including phenoxy) is 1. The smallest absolute Gasteiger partial charge is 0.310 e. The van der Waals surface area contributed by atoms with Crippen LogP contribution in [0.4, 0.5) is 11.4 Å². The summed E-state index contributed by atoms with van der Waals surface area (Å²) in [5, 5.41) is 11.0. The second kappa shape index (κ2) is 7.98. The maximum atomic E-state index is 11.0.